The number of ether oxygens (including phenoxy) is 2. The highest BCUT2D eigenvalue weighted by molar-refractivity contribution is 6.06. The maximum absolute atomic E-state index is 12.4. The summed E-state index contributed by atoms with van der Waals surface area (Å²) in [4.78, 5) is 24.8. The van der Waals surface area contributed by atoms with E-state index in [0.717, 1.165) is 35.0 Å². The molecule has 0 atom stereocenters. The molecule has 2 aromatic heterocycles. The van der Waals surface area contributed by atoms with Crippen molar-refractivity contribution >= 4 is 22.8 Å². The van der Waals surface area contributed by atoms with Gasteiger partial charge in [-0.3, -0.25) is 4.79 Å². The molecule has 0 aliphatic heterocycles. The van der Waals surface area contributed by atoms with Crippen molar-refractivity contribution in [1.82, 2.24) is 9.72 Å². The van der Waals surface area contributed by atoms with E-state index in [9.17, 15) is 9.59 Å². The fraction of sp³-hybridized carbons (Fsp3) is 0.381. The molecule has 3 aromatic rings. The number of methoxy groups -OCH3 is 1. The molecule has 0 bridgehead atoms. The van der Waals surface area contributed by atoms with Crippen LogP contribution in [-0.4, -0.2) is 28.8 Å². The number of carbonyl (C=O) groups is 2. The van der Waals surface area contributed by atoms with E-state index in [1.807, 2.05) is 13.0 Å². The van der Waals surface area contributed by atoms with Crippen LogP contribution in [0.4, 0.5) is 0 Å². The van der Waals surface area contributed by atoms with Gasteiger partial charge < -0.3 is 18.6 Å². The zero-order valence-corrected chi connectivity index (χ0v) is 16.4. The number of hydrogen-bond acceptors (Lipinski definition) is 6. The van der Waals surface area contributed by atoms with Gasteiger partial charge in [-0.05, 0) is 51.8 Å². The number of aromatic nitrogens is 2. The van der Waals surface area contributed by atoms with Crippen LogP contribution in [0.25, 0.3) is 10.9 Å². The molecule has 4 rings (SSSR count). The van der Waals surface area contributed by atoms with Crippen molar-refractivity contribution < 1.29 is 23.6 Å². The summed E-state index contributed by atoms with van der Waals surface area (Å²) in [6, 6.07) is 5.80. The number of hydrogen-bond donors (Lipinski definition) is 0. The minimum Gasteiger partial charge on any atom is -0.465 e. The van der Waals surface area contributed by atoms with E-state index in [-0.39, 0.29) is 12.4 Å². The Bertz CT molecular complexity index is 1070. The predicted molar refractivity (Wildman–Crippen MR) is 102 cm³/mol. The summed E-state index contributed by atoms with van der Waals surface area (Å²) in [6.07, 6.45) is 2.27. The number of carbonyl (C=O) groups excluding carboxylic acids is 2. The SMILES string of the molecule is COC(=O)c1c(C)n(C2CC2)c2ccc(OC(=O)Cc3c(C)noc3C)cc12. The topological polar surface area (TPSA) is 83.6 Å². The molecule has 7 heteroatoms. The van der Waals surface area contributed by atoms with E-state index in [0.29, 0.717) is 28.8 Å². The molecular formula is C21H22N2O5. The largest absolute Gasteiger partial charge is 0.465 e. The lowest BCUT2D eigenvalue weighted by molar-refractivity contribution is -0.133. The number of aryl methyl sites for hydroxylation is 2. The van der Waals surface area contributed by atoms with E-state index in [4.69, 9.17) is 14.0 Å². The first kappa shape index (κ1) is 18.3. The standard InChI is InChI=1S/C21H22N2O5/c1-11-16(13(3)28-22-11)10-19(24)27-15-7-8-18-17(9-15)20(21(25)26-4)12(2)23(18)14-5-6-14/h7-9,14H,5-6,10H2,1-4H3. The Kier molecular flexibility index (Phi) is 4.45. The lowest BCUT2D eigenvalue weighted by Crippen LogP contribution is -2.12. The Morgan fingerprint density at radius 3 is 2.61 bits per heavy atom. The Morgan fingerprint density at radius 2 is 2.00 bits per heavy atom. The van der Waals surface area contributed by atoms with Crippen molar-refractivity contribution in [2.75, 3.05) is 7.11 Å². The van der Waals surface area contributed by atoms with Crippen LogP contribution in [0.1, 0.15) is 52.0 Å². The van der Waals surface area contributed by atoms with Gasteiger partial charge in [0.25, 0.3) is 0 Å². The molecule has 28 heavy (non-hydrogen) atoms. The third-order valence-electron chi connectivity index (χ3n) is 5.26. The second-order valence-electron chi connectivity index (χ2n) is 7.19. The highest BCUT2D eigenvalue weighted by Gasteiger charge is 2.30. The Labute approximate surface area is 162 Å². The van der Waals surface area contributed by atoms with E-state index in [1.54, 1.807) is 26.0 Å². The molecule has 0 unspecified atom stereocenters. The quantitative estimate of drug-likeness (QED) is 0.493. The van der Waals surface area contributed by atoms with Gasteiger partial charge in [-0.2, -0.15) is 0 Å². The molecule has 1 saturated carbocycles. The first-order chi connectivity index (χ1) is 13.4. The summed E-state index contributed by atoms with van der Waals surface area (Å²) in [7, 11) is 1.37. The minimum absolute atomic E-state index is 0.0746. The van der Waals surface area contributed by atoms with Gasteiger partial charge in [-0.25, -0.2) is 4.79 Å². The van der Waals surface area contributed by atoms with Crippen molar-refractivity contribution in [2.45, 2.75) is 46.1 Å². The Balaban J connectivity index is 1.67. The van der Waals surface area contributed by atoms with Gasteiger partial charge in [0.05, 0.1) is 24.8 Å². The molecule has 0 N–H and O–H groups in total. The molecule has 0 saturated heterocycles. The van der Waals surface area contributed by atoms with Crippen LogP contribution in [0.15, 0.2) is 22.7 Å². The van der Waals surface area contributed by atoms with Crippen molar-refractivity contribution in [1.29, 1.82) is 0 Å². The summed E-state index contributed by atoms with van der Waals surface area (Å²) >= 11 is 0. The second-order valence-corrected chi connectivity index (χ2v) is 7.19. The van der Waals surface area contributed by atoms with Crippen molar-refractivity contribution in [3.63, 3.8) is 0 Å². The van der Waals surface area contributed by atoms with E-state index in [2.05, 4.69) is 9.72 Å². The molecule has 146 valence electrons. The molecule has 1 aliphatic rings. The van der Waals surface area contributed by atoms with Crippen LogP contribution in [0.2, 0.25) is 0 Å². The van der Waals surface area contributed by atoms with Gasteiger partial charge in [0.15, 0.2) is 0 Å². The average Bonchev–Trinajstić information content (AvgIpc) is 3.40. The molecule has 7 nitrogen and oxygen atoms in total. The van der Waals surface area contributed by atoms with Crippen molar-refractivity contribution in [3.8, 4) is 5.75 Å². The van der Waals surface area contributed by atoms with Crippen LogP contribution in [0.3, 0.4) is 0 Å². The number of rotatable bonds is 5. The first-order valence-corrected chi connectivity index (χ1v) is 9.26. The van der Waals surface area contributed by atoms with Gasteiger partial charge in [-0.15, -0.1) is 0 Å². The maximum atomic E-state index is 12.4. The van der Waals surface area contributed by atoms with E-state index < -0.39 is 5.97 Å². The zero-order chi connectivity index (χ0) is 20.0. The predicted octanol–water partition coefficient (Wildman–Crippen LogP) is 3.82. The molecule has 0 spiro atoms. The maximum Gasteiger partial charge on any atom is 0.340 e. The van der Waals surface area contributed by atoms with Gasteiger partial charge in [-0.1, -0.05) is 5.16 Å². The molecule has 0 amide bonds. The third-order valence-corrected chi connectivity index (χ3v) is 5.26. The van der Waals surface area contributed by atoms with E-state index >= 15 is 0 Å². The summed E-state index contributed by atoms with van der Waals surface area (Å²) in [6.45, 7) is 5.48. The highest BCUT2D eigenvalue weighted by atomic mass is 16.5. The fourth-order valence-corrected chi connectivity index (χ4v) is 3.71. The van der Waals surface area contributed by atoms with Crippen LogP contribution in [0.5, 0.6) is 5.75 Å². The zero-order valence-electron chi connectivity index (χ0n) is 16.4. The number of esters is 2. The highest BCUT2D eigenvalue weighted by Crippen LogP contribution is 2.42. The van der Waals surface area contributed by atoms with Crippen molar-refractivity contribution in [3.05, 3.63) is 46.5 Å². The molecule has 1 fully saturated rings. The van der Waals surface area contributed by atoms with Crippen LogP contribution in [0, 0.1) is 20.8 Å². The Morgan fingerprint density at radius 1 is 1.25 bits per heavy atom. The normalized spacial score (nSPS) is 13.7. The van der Waals surface area contributed by atoms with Gasteiger partial charge in [0, 0.05) is 28.2 Å². The minimum atomic E-state index is -0.410. The third kappa shape index (κ3) is 3.06. The molecule has 2 heterocycles. The monoisotopic (exact) mass is 382 g/mol. The van der Waals surface area contributed by atoms with Gasteiger partial charge in [0.1, 0.15) is 11.5 Å². The molecule has 1 aromatic carbocycles. The molecule has 0 radical (unpaired) electrons. The second kappa shape index (κ2) is 6.82. The number of nitrogens with zero attached hydrogens (tertiary/aromatic N) is 2. The van der Waals surface area contributed by atoms with Gasteiger partial charge >= 0.3 is 11.9 Å². The van der Waals surface area contributed by atoms with Crippen LogP contribution >= 0.6 is 0 Å². The summed E-state index contributed by atoms with van der Waals surface area (Å²) < 4.78 is 17.8. The average molecular weight is 382 g/mol. The van der Waals surface area contributed by atoms with E-state index in [1.165, 1.54) is 7.11 Å². The smallest absolute Gasteiger partial charge is 0.340 e. The summed E-state index contributed by atoms with van der Waals surface area (Å²) in [5, 5.41) is 4.59. The van der Waals surface area contributed by atoms with Crippen LogP contribution in [-0.2, 0) is 16.0 Å². The summed E-state index contributed by atoms with van der Waals surface area (Å²) in [5.41, 5.74) is 3.76. The lowest BCUT2D eigenvalue weighted by Gasteiger charge is -2.07. The molecular weight excluding hydrogens is 360 g/mol. The number of benzene rings is 1. The van der Waals surface area contributed by atoms with Gasteiger partial charge in [0.2, 0.25) is 0 Å². The summed E-state index contributed by atoms with van der Waals surface area (Å²) in [5.74, 6) is 0.199. The number of fused-ring (bicyclic) bond motifs is 1. The Hall–Kier alpha value is -3.09. The molecule has 1 aliphatic carbocycles. The van der Waals surface area contributed by atoms with Crippen LogP contribution < -0.4 is 4.74 Å². The first-order valence-electron chi connectivity index (χ1n) is 9.26. The lowest BCUT2D eigenvalue weighted by atomic mass is 10.1. The van der Waals surface area contributed by atoms with Crippen molar-refractivity contribution in [2.24, 2.45) is 0 Å². The fourth-order valence-electron chi connectivity index (χ4n) is 3.71.